The fraction of sp³-hybridized carbons (Fsp3) is 0.450. The number of benzene rings is 1. The molecule has 1 rings (SSSR count). The van der Waals surface area contributed by atoms with Gasteiger partial charge in [-0.25, -0.2) is 4.79 Å². The third kappa shape index (κ3) is 8.01. The van der Waals surface area contributed by atoms with Gasteiger partial charge in [-0.2, -0.15) is 0 Å². The topological polar surface area (TPSA) is 76.0 Å². The molecule has 1 aromatic carbocycles. The van der Waals surface area contributed by atoms with E-state index in [1.54, 1.807) is 19.1 Å². The summed E-state index contributed by atoms with van der Waals surface area (Å²) in [4.78, 5) is 11.3. The van der Waals surface area contributed by atoms with Crippen molar-refractivity contribution in [2.75, 3.05) is 19.8 Å². The Bertz CT molecular complexity index is 574. The fourth-order valence-electron chi connectivity index (χ4n) is 2.27. The molecular weight excluding hydrogens is 320 g/mol. The van der Waals surface area contributed by atoms with Crippen molar-refractivity contribution in [1.29, 1.82) is 0 Å². The Morgan fingerprint density at radius 2 is 1.96 bits per heavy atom. The Morgan fingerprint density at radius 3 is 2.56 bits per heavy atom. The third-order valence-corrected chi connectivity index (χ3v) is 3.64. The zero-order chi connectivity index (χ0) is 18.7. The number of rotatable bonds is 10. The van der Waals surface area contributed by atoms with E-state index in [4.69, 9.17) is 14.6 Å². The Balaban J connectivity index is 2.54. The molecule has 5 heteroatoms. The van der Waals surface area contributed by atoms with Gasteiger partial charge in [-0.1, -0.05) is 31.2 Å². The van der Waals surface area contributed by atoms with Crippen molar-refractivity contribution >= 4 is 5.97 Å². The number of ether oxygens (including phenoxy) is 2. The van der Waals surface area contributed by atoms with E-state index >= 15 is 0 Å². The highest BCUT2D eigenvalue weighted by atomic mass is 16.5. The number of hydrogen-bond donors (Lipinski definition) is 2. The van der Waals surface area contributed by atoms with Crippen LogP contribution in [0.2, 0.25) is 0 Å². The lowest BCUT2D eigenvalue weighted by Crippen LogP contribution is -2.08. The zero-order valence-electron chi connectivity index (χ0n) is 15.1. The molecule has 0 heterocycles. The number of allylic oxidation sites excluding steroid dienone is 3. The number of esters is 1. The van der Waals surface area contributed by atoms with Crippen molar-refractivity contribution in [3.8, 4) is 5.75 Å². The number of carbonyl (C=O) groups is 1. The second-order valence-corrected chi connectivity index (χ2v) is 5.84. The molecule has 0 aliphatic carbocycles. The second-order valence-electron chi connectivity index (χ2n) is 5.84. The summed E-state index contributed by atoms with van der Waals surface area (Å²) < 4.78 is 10.2. The van der Waals surface area contributed by atoms with E-state index < -0.39 is 6.10 Å². The van der Waals surface area contributed by atoms with Crippen LogP contribution in [0.1, 0.15) is 38.9 Å². The lowest BCUT2D eigenvalue weighted by molar-refractivity contribution is -0.137. The largest absolute Gasteiger partial charge is 0.491 e. The average molecular weight is 348 g/mol. The highest BCUT2D eigenvalue weighted by Gasteiger charge is 2.15. The standard InChI is InChI=1S/C20H28O5/c1-4-24-19(22)14-15(2)6-5-7-16(3)20(23)17-8-10-18(11-9-17)25-13-12-21/h5-6,8-11,14,16,20-21,23H,4,7,12-13H2,1-3H3/b6-5+,15-14+/t16-,20+/m1/s1. The molecule has 0 fully saturated rings. The van der Waals surface area contributed by atoms with Crippen molar-refractivity contribution in [2.24, 2.45) is 5.92 Å². The quantitative estimate of drug-likeness (QED) is 0.386. The van der Waals surface area contributed by atoms with Gasteiger partial charge in [-0.15, -0.1) is 0 Å². The molecule has 0 aliphatic rings. The Kier molecular flexibility index (Phi) is 9.58. The molecule has 1 aromatic rings. The molecule has 25 heavy (non-hydrogen) atoms. The van der Waals surface area contributed by atoms with E-state index in [1.165, 1.54) is 6.08 Å². The van der Waals surface area contributed by atoms with Crippen molar-refractivity contribution in [3.63, 3.8) is 0 Å². The summed E-state index contributed by atoms with van der Waals surface area (Å²) in [5, 5.41) is 19.2. The Hall–Kier alpha value is -2.11. The number of aliphatic hydroxyl groups is 2. The average Bonchev–Trinajstić information content (AvgIpc) is 2.59. The van der Waals surface area contributed by atoms with Gasteiger partial charge < -0.3 is 19.7 Å². The minimum atomic E-state index is -0.592. The summed E-state index contributed by atoms with van der Waals surface area (Å²) in [5.74, 6) is 0.342. The van der Waals surface area contributed by atoms with Gasteiger partial charge in [0.2, 0.25) is 0 Å². The van der Waals surface area contributed by atoms with E-state index in [0.29, 0.717) is 18.8 Å². The van der Waals surface area contributed by atoms with Crippen LogP contribution in [-0.4, -0.2) is 36.0 Å². The van der Waals surface area contributed by atoms with E-state index in [-0.39, 0.29) is 25.1 Å². The van der Waals surface area contributed by atoms with Crippen LogP contribution in [0.25, 0.3) is 0 Å². The van der Waals surface area contributed by atoms with Crippen LogP contribution in [-0.2, 0) is 9.53 Å². The molecule has 138 valence electrons. The Labute approximate surface area is 149 Å². The minimum absolute atomic E-state index is 0.0239. The lowest BCUT2D eigenvalue weighted by Gasteiger charge is -2.18. The van der Waals surface area contributed by atoms with Crippen LogP contribution in [0.5, 0.6) is 5.75 Å². The second kappa shape index (κ2) is 11.4. The number of aliphatic hydroxyl groups excluding tert-OH is 2. The normalized spacial score (nSPS) is 14.4. The molecule has 0 radical (unpaired) electrons. The van der Waals surface area contributed by atoms with Gasteiger partial charge in [0.1, 0.15) is 12.4 Å². The summed E-state index contributed by atoms with van der Waals surface area (Å²) >= 11 is 0. The van der Waals surface area contributed by atoms with E-state index in [0.717, 1.165) is 11.1 Å². The fourth-order valence-corrected chi connectivity index (χ4v) is 2.27. The molecule has 0 amide bonds. The third-order valence-electron chi connectivity index (χ3n) is 3.64. The minimum Gasteiger partial charge on any atom is -0.491 e. The first-order valence-corrected chi connectivity index (χ1v) is 8.51. The molecule has 0 bridgehead atoms. The zero-order valence-corrected chi connectivity index (χ0v) is 15.1. The monoisotopic (exact) mass is 348 g/mol. The van der Waals surface area contributed by atoms with Crippen molar-refractivity contribution in [2.45, 2.75) is 33.3 Å². The van der Waals surface area contributed by atoms with Crippen LogP contribution in [0.3, 0.4) is 0 Å². The summed E-state index contributed by atoms with van der Waals surface area (Å²) in [6, 6.07) is 7.21. The molecule has 2 N–H and O–H groups in total. The maximum absolute atomic E-state index is 11.3. The molecule has 0 unspecified atom stereocenters. The van der Waals surface area contributed by atoms with Crippen LogP contribution >= 0.6 is 0 Å². The van der Waals surface area contributed by atoms with Crippen LogP contribution in [0, 0.1) is 5.92 Å². The van der Waals surface area contributed by atoms with Crippen molar-refractivity contribution in [3.05, 3.63) is 53.6 Å². The smallest absolute Gasteiger partial charge is 0.330 e. The first-order chi connectivity index (χ1) is 12.0. The van der Waals surface area contributed by atoms with Crippen molar-refractivity contribution in [1.82, 2.24) is 0 Å². The number of hydrogen-bond acceptors (Lipinski definition) is 5. The van der Waals surface area contributed by atoms with Crippen LogP contribution in [0.15, 0.2) is 48.1 Å². The van der Waals surface area contributed by atoms with Gasteiger partial charge in [-0.05, 0) is 49.5 Å². The molecule has 0 saturated carbocycles. The van der Waals surface area contributed by atoms with Gasteiger partial charge in [0.25, 0.3) is 0 Å². The summed E-state index contributed by atoms with van der Waals surface area (Å²) in [5.41, 5.74) is 1.63. The van der Waals surface area contributed by atoms with Crippen molar-refractivity contribution < 1.29 is 24.5 Å². The summed E-state index contributed by atoms with van der Waals surface area (Å²) in [6.45, 7) is 6.15. The SMILES string of the molecule is CCOC(=O)/C=C(C)/C=C/C[C@@H](C)[C@H](O)c1ccc(OCCO)cc1. The highest BCUT2D eigenvalue weighted by Crippen LogP contribution is 2.26. The lowest BCUT2D eigenvalue weighted by atomic mass is 9.94. The van der Waals surface area contributed by atoms with E-state index in [1.807, 2.05) is 38.1 Å². The van der Waals surface area contributed by atoms with Gasteiger partial charge in [0.05, 0.1) is 19.3 Å². The molecule has 0 saturated heterocycles. The molecule has 0 aromatic heterocycles. The predicted octanol–water partition coefficient (Wildman–Crippen LogP) is 3.18. The summed E-state index contributed by atoms with van der Waals surface area (Å²) in [7, 11) is 0. The molecular formula is C20H28O5. The highest BCUT2D eigenvalue weighted by molar-refractivity contribution is 5.83. The van der Waals surface area contributed by atoms with Gasteiger partial charge in [-0.3, -0.25) is 0 Å². The van der Waals surface area contributed by atoms with E-state index in [9.17, 15) is 9.90 Å². The van der Waals surface area contributed by atoms with Gasteiger partial charge in [0, 0.05) is 6.08 Å². The Morgan fingerprint density at radius 1 is 1.28 bits per heavy atom. The molecule has 5 nitrogen and oxygen atoms in total. The van der Waals surface area contributed by atoms with Crippen LogP contribution < -0.4 is 4.74 Å². The maximum Gasteiger partial charge on any atom is 0.330 e. The van der Waals surface area contributed by atoms with E-state index in [2.05, 4.69) is 0 Å². The summed E-state index contributed by atoms with van der Waals surface area (Å²) in [6.07, 6.45) is 5.33. The number of carbonyl (C=O) groups excluding carboxylic acids is 1. The first kappa shape index (κ1) is 20.9. The van der Waals surface area contributed by atoms with Crippen LogP contribution in [0.4, 0.5) is 0 Å². The maximum atomic E-state index is 11.3. The molecule has 2 atom stereocenters. The molecule has 0 aliphatic heterocycles. The van der Waals surface area contributed by atoms with Gasteiger partial charge >= 0.3 is 5.97 Å². The van der Waals surface area contributed by atoms with Gasteiger partial charge in [0.15, 0.2) is 0 Å². The molecule has 0 spiro atoms. The first-order valence-electron chi connectivity index (χ1n) is 8.51. The predicted molar refractivity (Wildman–Crippen MR) is 97.3 cm³/mol.